The zero-order valence-electron chi connectivity index (χ0n) is 16.9. The second-order valence-electron chi connectivity index (χ2n) is 7.44. The van der Waals surface area contributed by atoms with Gasteiger partial charge in [0.2, 0.25) is 11.8 Å². The van der Waals surface area contributed by atoms with Gasteiger partial charge in [-0.2, -0.15) is 0 Å². The number of hydrogen-bond acceptors (Lipinski definition) is 3. The summed E-state index contributed by atoms with van der Waals surface area (Å²) in [5.74, 6) is -0.682. The smallest absolute Gasteiger partial charge is 0.251 e. The molecule has 1 fully saturated rings. The van der Waals surface area contributed by atoms with E-state index in [0.717, 1.165) is 17.7 Å². The minimum Gasteiger partial charge on any atom is -0.352 e. The van der Waals surface area contributed by atoms with E-state index in [1.807, 2.05) is 56.3 Å². The third-order valence-corrected chi connectivity index (χ3v) is 5.21. The summed E-state index contributed by atoms with van der Waals surface area (Å²) < 4.78 is 0. The van der Waals surface area contributed by atoms with E-state index in [0.29, 0.717) is 18.7 Å². The quantitative estimate of drug-likeness (QED) is 0.759. The molecule has 0 aromatic heterocycles. The van der Waals surface area contributed by atoms with Crippen LogP contribution in [0.15, 0.2) is 54.6 Å². The third-order valence-electron chi connectivity index (χ3n) is 5.21. The Balaban J connectivity index is 1.56. The summed E-state index contributed by atoms with van der Waals surface area (Å²) in [4.78, 5) is 38.8. The Morgan fingerprint density at radius 2 is 1.90 bits per heavy atom. The Bertz CT molecular complexity index is 882. The van der Waals surface area contributed by atoms with Crippen molar-refractivity contribution in [3.05, 3.63) is 65.7 Å². The minimum atomic E-state index is -0.375. The van der Waals surface area contributed by atoms with Gasteiger partial charge in [-0.05, 0) is 43.2 Å². The summed E-state index contributed by atoms with van der Waals surface area (Å²) in [7, 11) is 0. The summed E-state index contributed by atoms with van der Waals surface area (Å²) in [5.41, 5.74) is 2.23. The molecule has 0 spiro atoms. The van der Waals surface area contributed by atoms with Crippen molar-refractivity contribution in [2.24, 2.45) is 5.92 Å². The third kappa shape index (κ3) is 5.22. The van der Waals surface area contributed by atoms with Crippen LogP contribution < -0.4 is 15.5 Å². The molecule has 2 N–H and O–H groups in total. The standard InChI is InChI=1S/C23H27N3O3/c1-3-16(2)25-23(29)18-9-7-8-17(12-18)14-24-22(28)19-13-21(27)26(15-19)20-10-5-4-6-11-20/h4-12,16,19H,3,13-15H2,1-2H3,(H,24,28)(H,25,29)/t16-,19-/m0/s1. The second kappa shape index (κ2) is 9.37. The lowest BCUT2D eigenvalue weighted by Crippen LogP contribution is -2.33. The Morgan fingerprint density at radius 3 is 2.62 bits per heavy atom. The van der Waals surface area contributed by atoms with Gasteiger partial charge in [0.05, 0.1) is 5.92 Å². The van der Waals surface area contributed by atoms with E-state index in [-0.39, 0.29) is 36.1 Å². The van der Waals surface area contributed by atoms with E-state index in [1.54, 1.807) is 17.0 Å². The fourth-order valence-corrected chi connectivity index (χ4v) is 3.31. The van der Waals surface area contributed by atoms with Crippen molar-refractivity contribution in [2.75, 3.05) is 11.4 Å². The van der Waals surface area contributed by atoms with E-state index in [1.165, 1.54) is 0 Å². The van der Waals surface area contributed by atoms with Crippen LogP contribution in [0.1, 0.15) is 42.6 Å². The summed E-state index contributed by atoms with van der Waals surface area (Å²) in [6, 6.07) is 16.7. The maximum Gasteiger partial charge on any atom is 0.251 e. The highest BCUT2D eigenvalue weighted by molar-refractivity contribution is 6.00. The van der Waals surface area contributed by atoms with Crippen molar-refractivity contribution in [1.29, 1.82) is 0 Å². The molecule has 3 amide bonds. The predicted octanol–water partition coefficient (Wildman–Crippen LogP) is 2.88. The van der Waals surface area contributed by atoms with Crippen LogP contribution in [0.2, 0.25) is 0 Å². The topological polar surface area (TPSA) is 78.5 Å². The largest absolute Gasteiger partial charge is 0.352 e. The molecule has 1 saturated heterocycles. The molecule has 0 aliphatic carbocycles. The number of nitrogens with zero attached hydrogens (tertiary/aromatic N) is 1. The summed E-state index contributed by atoms with van der Waals surface area (Å²) in [6.07, 6.45) is 1.07. The summed E-state index contributed by atoms with van der Waals surface area (Å²) >= 11 is 0. The number of anilines is 1. The Kier molecular flexibility index (Phi) is 6.65. The molecule has 1 heterocycles. The van der Waals surface area contributed by atoms with Crippen molar-refractivity contribution < 1.29 is 14.4 Å². The highest BCUT2D eigenvalue weighted by Crippen LogP contribution is 2.24. The van der Waals surface area contributed by atoms with Crippen LogP contribution in [0.3, 0.4) is 0 Å². The minimum absolute atomic E-state index is 0.0416. The van der Waals surface area contributed by atoms with Crippen LogP contribution in [0.4, 0.5) is 5.69 Å². The fraction of sp³-hybridized carbons (Fsp3) is 0.348. The molecular weight excluding hydrogens is 366 g/mol. The second-order valence-corrected chi connectivity index (χ2v) is 7.44. The van der Waals surface area contributed by atoms with Crippen molar-refractivity contribution >= 4 is 23.4 Å². The molecule has 152 valence electrons. The van der Waals surface area contributed by atoms with Crippen molar-refractivity contribution in [1.82, 2.24) is 10.6 Å². The maximum absolute atomic E-state index is 12.6. The maximum atomic E-state index is 12.6. The van der Waals surface area contributed by atoms with Gasteiger partial charge in [-0.1, -0.05) is 37.3 Å². The molecule has 3 rings (SSSR count). The first kappa shape index (κ1) is 20.6. The van der Waals surface area contributed by atoms with Crippen LogP contribution >= 0.6 is 0 Å². The van der Waals surface area contributed by atoms with Crippen LogP contribution in [0, 0.1) is 5.92 Å². The van der Waals surface area contributed by atoms with Crippen molar-refractivity contribution in [3.8, 4) is 0 Å². The summed E-state index contributed by atoms with van der Waals surface area (Å²) in [6.45, 7) is 4.68. The van der Waals surface area contributed by atoms with Crippen LogP contribution in [0.5, 0.6) is 0 Å². The van der Waals surface area contributed by atoms with Crippen LogP contribution in [-0.2, 0) is 16.1 Å². The first-order valence-electron chi connectivity index (χ1n) is 10.0. The molecule has 6 heteroatoms. The average molecular weight is 393 g/mol. The van der Waals surface area contributed by atoms with Gasteiger partial charge < -0.3 is 15.5 Å². The highest BCUT2D eigenvalue weighted by atomic mass is 16.2. The van der Waals surface area contributed by atoms with E-state index >= 15 is 0 Å². The normalized spacial score (nSPS) is 17.1. The van der Waals surface area contributed by atoms with Gasteiger partial charge in [-0.15, -0.1) is 0 Å². The van der Waals surface area contributed by atoms with E-state index in [2.05, 4.69) is 10.6 Å². The lowest BCUT2D eigenvalue weighted by atomic mass is 10.1. The zero-order valence-corrected chi connectivity index (χ0v) is 16.9. The first-order valence-corrected chi connectivity index (χ1v) is 10.0. The molecule has 1 aliphatic rings. The van der Waals surface area contributed by atoms with Crippen LogP contribution in [-0.4, -0.2) is 30.3 Å². The molecular formula is C23H27N3O3. The van der Waals surface area contributed by atoms with Gasteiger partial charge in [0, 0.05) is 36.8 Å². The lowest BCUT2D eigenvalue weighted by molar-refractivity contribution is -0.126. The lowest BCUT2D eigenvalue weighted by Gasteiger charge is -2.16. The van der Waals surface area contributed by atoms with Gasteiger partial charge in [0.15, 0.2) is 0 Å². The summed E-state index contributed by atoms with van der Waals surface area (Å²) in [5, 5.41) is 5.84. The molecule has 1 aliphatic heterocycles. The molecule has 29 heavy (non-hydrogen) atoms. The van der Waals surface area contributed by atoms with Gasteiger partial charge in [-0.3, -0.25) is 14.4 Å². The number of carbonyl (C=O) groups excluding carboxylic acids is 3. The van der Waals surface area contributed by atoms with E-state index < -0.39 is 0 Å². The highest BCUT2D eigenvalue weighted by Gasteiger charge is 2.34. The fourth-order valence-electron chi connectivity index (χ4n) is 3.31. The molecule has 0 bridgehead atoms. The van der Waals surface area contributed by atoms with E-state index in [9.17, 15) is 14.4 Å². The van der Waals surface area contributed by atoms with Gasteiger partial charge >= 0.3 is 0 Å². The number of amides is 3. The number of carbonyl (C=O) groups is 3. The predicted molar refractivity (Wildman–Crippen MR) is 112 cm³/mol. The van der Waals surface area contributed by atoms with Gasteiger partial charge in [0.25, 0.3) is 5.91 Å². The Labute approximate surface area is 171 Å². The average Bonchev–Trinajstić information content (AvgIpc) is 3.14. The van der Waals surface area contributed by atoms with Gasteiger partial charge in [-0.25, -0.2) is 0 Å². The van der Waals surface area contributed by atoms with E-state index in [4.69, 9.17) is 0 Å². The number of para-hydroxylation sites is 1. The number of rotatable bonds is 7. The molecule has 0 unspecified atom stereocenters. The van der Waals surface area contributed by atoms with Crippen molar-refractivity contribution in [3.63, 3.8) is 0 Å². The molecule has 2 atom stereocenters. The molecule has 2 aromatic rings. The molecule has 0 radical (unpaired) electrons. The van der Waals surface area contributed by atoms with Crippen LogP contribution in [0.25, 0.3) is 0 Å². The molecule has 2 aromatic carbocycles. The number of nitrogens with one attached hydrogen (secondary N) is 2. The Hall–Kier alpha value is -3.15. The molecule has 6 nitrogen and oxygen atoms in total. The zero-order chi connectivity index (χ0) is 20.8. The monoisotopic (exact) mass is 393 g/mol. The number of benzene rings is 2. The SMILES string of the molecule is CC[C@H](C)NC(=O)c1cccc(CNC(=O)[C@H]2CC(=O)N(c3ccccc3)C2)c1. The van der Waals surface area contributed by atoms with Gasteiger partial charge in [0.1, 0.15) is 0 Å². The number of hydrogen-bond donors (Lipinski definition) is 2. The Morgan fingerprint density at radius 1 is 1.14 bits per heavy atom. The van der Waals surface area contributed by atoms with Crippen molar-refractivity contribution in [2.45, 2.75) is 39.3 Å². The first-order chi connectivity index (χ1) is 14.0. The molecule has 0 saturated carbocycles.